The molecule has 1 fully saturated rings. The van der Waals surface area contributed by atoms with Gasteiger partial charge in [0.25, 0.3) is 0 Å². The Hall–Kier alpha value is -0.530. The number of carbonyl (C=O) groups is 1. The maximum Gasteiger partial charge on any atom is 0.222 e. The fraction of sp³-hybridized carbons (Fsp3) is 0.778. The zero-order chi connectivity index (χ0) is 8.10. The second kappa shape index (κ2) is 4.37. The van der Waals surface area contributed by atoms with Gasteiger partial charge in [-0.25, -0.2) is 0 Å². The molecule has 2 nitrogen and oxygen atoms in total. The van der Waals surface area contributed by atoms with Crippen LogP contribution in [0.15, 0.2) is 0 Å². The van der Waals surface area contributed by atoms with Crippen LogP contribution in [0.5, 0.6) is 0 Å². The van der Waals surface area contributed by atoms with Crippen LogP contribution in [0.3, 0.4) is 0 Å². The second-order valence-electron chi connectivity index (χ2n) is 3.12. The summed E-state index contributed by atoms with van der Waals surface area (Å²) in [5.74, 6) is 0.464. The lowest BCUT2D eigenvalue weighted by molar-refractivity contribution is -0.124. The normalized spacial score (nSPS) is 20.8. The minimum Gasteiger partial charge on any atom is -0.359 e. The molecule has 0 aromatic heterocycles. The van der Waals surface area contributed by atoms with Crippen molar-refractivity contribution in [3.63, 3.8) is 0 Å². The highest BCUT2D eigenvalue weighted by Crippen LogP contribution is 2.21. The Bertz CT molecular complexity index is 126. The van der Waals surface area contributed by atoms with Gasteiger partial charge in [0, 0.05) is 13.0 Å². The largest absolute Gasteiger partial charge is 0.359 e. The molecule has 0 aromatic carbocycles. The smallest absolute Gasteiger partial charge is 0.222 e. The van der Waals surface area contributed by atoms with Crippen molar-refractivity contribution in [2.75, 3.05) is 7.05 Å². The molecule has 0 spiro atoms. The van der Waals surface area contributed by atoms with Crippen LogP contribution in [0.4, 0.5) is 0 Å². The third-order valence-corrected chi connectivity index (χ3v) is 2.28. The average Bonchev–Trinajstić information content (AvgIpc) is 2.30. The van der Waals surface area contributed by atoms with Crippen LogP contribution in [-0.2, 0) is 4.79 Å². The Balaban J connectivity index is 2.36. The van der Waals surface area contributed by atoms with Crippen LogP contribution in [0.25, 0.3) is 0 Å². The number of carbonyl (C=O) groups excluding carboxylic acids is 1. The Morgan fingerprint density at radius 3 is 3.09 bits per heavy atom. The molecule has 1 unspecified atom stereocenters. The van der Waals surface area contributed by atoms with Crippen molar-refractivity contribution in [3.05, 3.63) is 6.42 Å². The van der Waals surface area contributed by atoms with Crippen LogP contribution in [-0.4, -0.2) is 13.0 Å². The standard InChI is InChI=1S/C9H16NO/c1-10-9(11)8-6-4-2-3-5-7-8/h4,8H,2-3,5-7H2,1H3,(H,10,11). The van der Waals surface area contributed by atoms with Gasteiger partial charge in [-0.05, 0) is 19.3 Å². The third-order valence-electron chi connectivity index (χ3n) is 2.28. The molecule has 0 saturated heterocycles. The predicted molar refractivity (Wildman–Crippen MR) is 44.9 cm³/mol. The van der Waals surface area contributed by atoms with Gasteiger partial charge >= 0.3 is 0 Å². The summed E-state index contributed by atoms with van der Waals surface area (Å²) >= 11 is 0. The Labute approximate surface area is 68.4 Å². The molecule has 1 saturated carbocycles. The summed E-state index contributed by atoms with van der Waals surface area (Å²) in [6.07, 6.45) is 7.93. The van der Waals surface area contributed by atoms with E-state index >= 15 is 0 Å². The number of nitrogens with one attached hydrogen (secondary N) is 1. The quantitative estimate of drug-likeness (QED) is 0.570. The van der Waals surface area contributed by atoms with Crippen molar-refractivity contribution in [1.29, 1.82) is 0 Å². The molecule has 1 rings (SSSR count). The molecule has 1 aliphatic rings. The highest BCUT2D eigenvalue weighted by Gasteiger charge is 2.18. The average molecular weight is 154 g/mol. The van der Waals surface area contributed by atoms with Gasteiger partial charge in [-0.2, -0.15) is 0 Å². The predicted octanol–water partition coefficient (Wildman–Crippen LogP) is 1.52. The van der Waals surface area contributed by atoms with E-state index < -0.39 is 0 Å². The number of rotatable bonds is 1. The van der Waals surface area contributed by atoms with Gasteiger partial charge in [0.2, 0.25) is 5.91 Å². The van der Waals surface area contributed by atoms with Gasteiger partial charge in [-0.3, -0.25) is 4.79 Å². The zero-order valence-corrected chi connectivity index (χ0v) is 7.10. The molecule has 1 radical (unpaired) electrons. The molecule has 1 aliphatic carbocycles. The molecule has 11 heavy (non-hydrogen) atoms. The minimum atomic E-state index is 0.211. The first-order chi connectivity index (χ1) is 5.34. The molecule has 2 heteroatoms. The van der Waals surface area contributed by atoms with E-state index in [1.165, 1.54) is 19.3 Å². The van der Waals surface area contributed by atoms with E-state index in [0.717, 1.165) is 12.8 Å². The lowest BCUT2D eigenvalue weighted by atomic mass is 10.00. The molecule has 0 bridgehead atoms. The fourth-order valence-electron chi connectivity index (χ4n) is 1.56. The van der Waals surface area contributed by atoms with Crippen molar-refractivity contribution >= 4 is 5.91 Å². The summed E-state index contributed by atoms with van der Waals surface area (Å²) in [6.45, 7) is 0. The Morgan fingerprint density at radius 1 is 1.55 bits per heavy atom. The fourth-order valence-corrected chi connectivity index (χ4v) is 1.56. The molecule has 0 aliphatic heterocycles. The van der Waals surface area contributed by atoms with Crippen molar-refractivity contribution in [1.82, 2.24) is 5.32 Å². The monoisotopic (exact) mass is 154 g/mol. The SMILES string of the molecule is CNC(=O)C1C[CH]CCCC1. The number of hydrogen-bond acceptors (Lipinski definition) is 1. The first-order valence-electron chi connectivity index (χ1n) is 4.38. The van der Waals surface area contributed by atoms with Gasteiger partial charge in [0.15, 0.2) is 0 Å². The first-order valence-corrected chi connectivity index (χ1v) is 4.38. The van der Waals surface area contributed by atoms with Crippen molar-refractivity contribution in [2.45, 2.75) is 32.1 Å². The van der Waals surface area contributed by atoms with E-state index in [2.05, 4.69) is 11.7 Å². The third kappa shape index (κ3) is 2.52. The number of amides is 1. The molecule has 1 amide bonds. The molecule has 1 N–H and O–H groups in total. The highest BCUT2D eigenvalue weighted by molar-refractivity contribution is 5.78. The van der Waals surface area contributed by atoms with E-state index in [1.807, 2.05) is 0 Å². The van der Waals surface area contributed by atoms with E-state index in [9.17, 15) is 4.79 Å². The molecular weight excluding hydrogens is 138 g/mol. The van der Waals surface area contributed by atoms with Gasteiger partial charge < -0.3 is 5.32 Å². The lowest BCUT2D eigenvalue weighted by Crippen LogP contribution is -2.26. The van der Waals surface area contributed by atoms with Crippen LogP contribution < -0.4 is 5.32 Å². The van der Waals surface area contributed by atoms with Gasteiger partial charge in [0.05, 0.1) is 0 Å². The topological polar surface area (TPSA) is 29.1 Å². The second-order valence-corrected chi connectivity index (χ2v) is 3.12. The summed E-state index contributed by atoms with van der Waals surface area (Å²) in [5.41, 5.74) is 0. The zero-order valence-electron chi connectivity index (χ0n) is 7.10. The minimum absolute atomic E-state index is 0.211. The van der Waals surface area contributed by atoms with Crippen LogP contribution in [0.2, 0.25) is 0 Å². The maximum absolute atomic E-state index is 11.2. The van der Waals surface area contributed by atoms with E-state index in [0.29, 0.717) is 0 Å². The van der Waals surface area contributed by atoms with E-state index in [1.54, 1.807) is 7.05 Å². The van der Waals surface area contributed by atoms with Gasteiger partial charge in [-0.1, -0.05) is 19.3 Å². The Kier molecular flexibility index (Phi) is 3.40. The van der Waals surface area contributed by atoms with Crippen LogP contribution in [0.1, 0.15) is 32.1 Å². The van der Waals surface area contributed by atoms with Crippen molar-refractivity contribution in [2.24, 2.45) is 5.92 Å². The van der Waals surface area contributed by atoms with Crippen molar-refractivity contribution < 1.29 is 4.79 Å². The number of hydrogen-bond donors (Lipinski definition) is 1. The molecule has 0 aromatic rings. The van der Waals surface area contributed by atoms with Crippen molar-refractivity contribution in [3.8, 4) is 0 Å². The van der Waals surface area contributed by atoms with Crippen LogP contribution >= 0.6 is 0 Å². The van der Waals surface area contributed by atoms with Crippen LogP contribution in [0, 0.1) is 12.3 Å². The summed E-state index contributed by atoms with van der Waals surface area (Å²) in [4.78, 5) is 11.2. The maximum atomic E-state index is 11.2. The lowest BCUT2D eigenvalue weighted by Gasteiger charge is -2.10. The Morgan fingerprint density at radius 2 is 2.36 bits per heavy atom. The summed E-state index contributed by atoms with van der Waals surface area (Å²) in [6, 6.07) is 0. The summed E-state index contributed by atoms with van der Waals surface area (Å²) in [7, 11) is 1.72. The summed E-state index contributed by atoms with van der Waals surface area (Å²) < 4.78 is 0. The summed E-state index contributed by atoms with van der Waals surface area (Å²) in [5, 5.41) is 2.70. The van der Waals surface area contributed by atoms with Gasteiger partial charge in [-0.15, -0.1) is 0 Å². The molecule has 63 valence electrons. The van der Waals surface area contributed by atoms with Gasteiger partial charge in [0.1, 0.15) is 0 Å². The molecular formula is C9H16NO. The van der Waals surface area contributed by atoms with E-state index in [4.69, 9.17) is 0 Å². The first kappa shape index (κ1) is 8.57. The molecule has 1 atom stereocenters. The van der Waals surface area contributed by atoms with E-state index in [-0.39, 0.29) is 11.8 Å². The molecule has 0 heterocycles. The highest BCUT2D eigenvalue weighted by atomic mass is 16.1.